The summed E-state index contributed by atoms with van der Waals surface area (Å²) < 4.78 is -0.954. The first-order valence-electron chi connectivity index (χ1n) is 6.26. The van der Waals surface area contributed by atoms with Gasteiger partial charge in [0.1, 0.15) is 9.21 Å². The Bertz CT molecular complexity index is 441. The summed E-state index contributed by atoms with van der Waals surface area (Å²) in [6, 6.07) is 5.97. The third-order valence-electron chi connectivity index (χ3n) is 3.71. The maximum Gasteiger partial charge on any atom is 0.141 e. The van der Waals surface area contributed by atoms with Gasteiger partial charge in [0, 0.05) is 5.02 Å². The standard InChI is InChI=1S/C14H16Cl4/c1-2-10-5-6-11(12(15)9-10)13(16)7-3-4-8-14(13,17)18/h5-6,9H,2-4,7-8H2,1H3. The largest absolute Gasteiger partial charge is 0.141 e. The van der Waals surface area contributed by atoms with E-state index in [1.807, 2.05) is 18.2 Å². The molecule has 0 spiro atoms. The van der Waals surface area contributed by atoms with Crippen LogP contribution in [0.25, 0.3) is 0 Å². The number of hydrogen-bond acceptors (Lipinski definition) is 0. The van der Waals surface area contributed by atoms with Gasteiger partial charge in [-0.05, 0) is 36.5 Å². The van der Waals surface area contributed by atoms with Crippen LogP contribution in [0, 0.1) is 0 Å². The number of alkyl halides is 3. The fraction of sp³-hybridized carbons (Fsp3) is 0.571. The smallest absolute Gasteiger partial charge is 0.111 e. The molecule has 0 aliphatic heterocycles. The zero-order chi connectivity index (χ0) is 13.4. The van der Waals surface area contributed by atoms with Gasteiger partial charge in [0.15, 0.2) is 0 Å². The van der Waals surface area contributed by atoms with Crippen molar-refractivity contribution < 1.29 is 0 Å². The molecule has 0 N–H and O–H groups in total. The fourth-order valence-corrected chi connectivity index (χ4v) is 3.99. The van der Waals surface area contributed by atoms with Crippen molar-refractivity contribution in [3.05, 3.63) is 34.3 Å². The lowest BCUT2D eigenvalue weighted by Crippen LogP contribution is -2.41. The summed E-state index contributed by atoms with van der Waals surface area (Å²) in [5.41, 5.74) is 2.04. The van der Waals surface area contributed by atoms with Crippen LogP contribution >= 0.6 is 46.4 Å². The summed E-state index contributed by atoms with van der Waals surface area (Å²) in [6.45, 7) is 2.09. The summed E-state index contributed by atoms with van der Waals surface area (Å²) in [7, 11) is 0. The zero-order valence-corrected chi connectivity index (χ0v) is 13.3. The maximum atomic E-state index is 6.74. The van der Waals surface area contributed by atoms with Gasteiger partial charge in [-0.1, -0.05) is 66.7 Å². The van der Waals surface area contributed by atoms with Gasteiger partial charge in [0.25, 0.3) is 0 Å². The first-order valence-corrected chi connectivity index (χ1v) is 7.77. The lowest BCUT2D eigenvalue weighted by atomic mass is 9.82. The van der Waals surface area contributed by atoms with Gasteiger partial charge in [-0.3, -0.25) is 0 Å². The van der Waals surface area contributed by atoms with E-state index < -0.39 is 9.21 Å². The molecule has 0 radical (unpaired) electrons. The van der Waals surface area contributed by atoms with E-state index in [0.29, 0.717) is 11.4 Å². The minimum absolute atomic E-state index is 0.664. The highest BCUT2D eigenvalue weighted by molar-refractivity contribution is 6.53. The molecule has 2 rings (SSSR count). The highest BCUT2D eigenvalue weighted by Crippen LogP contribution is 2.56. The van der Waals surface area contributed by atoms with Crippen LogP contribution in [0.1, 0.15) is 43.7 Å². The van der Waals surface area contributed by atoms with Gasteiger partial charge in [0.2, 0.25) is 0 Å². The Morgan fingerprint density at radius 3 is 2.33 bits per heavy atom. The Morgan fingerprint density at radius 1 is 1.11 bits per heavy atom. The van der Waals surface area contributed by atoms with E-state index in [9.17, 15) is 0 Å². The second kappa shape index (κ2) is 5.40. The zero-order valence-electron chi connectivity index (χ0n) is 10.3. The second-order valence-corrected chi connectivity index (χ2v) is 7.42. The molecule has 100 valence electrons. The molecule has 0 bridgehead atoms. The van der Waals surface area contributed by atoms with Crippen LogP contribution in [0.4, 0.5) is 0 Å². The van der Waals surface area contributed by atoms with Crippen LogP contribution in [0.5, 0.6) is 0 Å². The Morgan fingerprint density at radius 2 is 1.78 bits per heavy atom. The lowest BCUT2D eigenvalue weighted by Gasteiger charge is -2.42. The molecular weight excluding hydrogens is 310 g/mol. The van der Waals surface area contributed by atoms with Crippen molar-refractivity contribution in [1.82, 2.24) is 0 Å². The van der Waals surface area contributed by atoms with Crippen molar-refractivity contribution in [3.63, 3.8) is 0 Å². The summed E-state index contributed by atoms with van der Waals surface area (Å²) >= 11 is 26.0. The monoisotopic (exact) mass is 324 g/mol. The van der Waals surface area contributed by atoms with E-state index in [1.165, 1.54) is 5.56 Å². The van der Waals surface area contributed by atoms with Crippen molar-refractivity contribution in [2.24, 2.45) is 0 Å². The Balaban J connectivity index is 2.46. The predicted molar refractivity (Wildman–Crippen MR) is 81.3 cm³/mol. The molecular formula is C14H16Cl4. The highest BCUT2D eigenvalue weighted by Gasteiger charge is 2.51. The topological polar surface area (TPSA) is 0 Å². The van der Waals surface area contributed by atoms with E-state index in [0.717, 1.165) is 31.2 Å². The molecule has 1 unspecified atom stereocenters. The number of halogens is 4. The molecule has 1 atom stereocenters. The number of benzene rings is 1. The Hall–Kier alpha value is 0.380. The molecule has 1 aliphatic rings. The Kier molecular flexibility index (Phi) is 4.44. The maximum absolute atomic E-state index is 6.74. The molecule has 0 aromatic heterocycles. The van der Waals surface area contributed by atoms with Crippen LogP contribution < -0.4 is 0 Å². The molecule has 0 nitrogen and oxygen atoms in total. The molecule has 1 aliphatic carbocycles. The first-order chi connectivity index (χ1) is 8.40. The Labute approximate surface area is 129 Å². The average molecular weight is 326 g/mol. The molecule has 1 aromatic rings. The summed E-state index contributed by atoms with van der Waals surface area (Å²) in [5, 5.41) is 0.664. The van der Waals surface area contributed by atoms with Crippen LogP contribution in [-0.2, 0) is 11.3 Å². The SMILES string of the molecule is CCc1ccc(C2(Cl)CCCCC2(Cl)Cl)c(Cl)c1. The molecule has 0 heterocycles. The average Bonchev–Trinajstić information content (AvgIpc) is 2.32. The number of rotatable bonds is 2. The van der Waals surface area contributed by atoms with Crippen molar-refractivity contribution >= 4 is 46.4 Å². The predicted octanol–water partition coefficient (Wildman–Crippen LogP) is 6.08. The summed E-state index contributed by atoms with van der Waals surface area (Å²) in [6.07, 6.45) is 4.43. The van der Waals surface area contributed by atoms with Crippen molar-refractivity contribution in [1.29, 1.82) is 0 Å². The van der Waals surface area contributed by atoms with Gasteiger partial charge < -0.3 is 0 Å². The van der Waals surface area contributed by atoms with Gasteiger partial charge in [-0.25, -0.2) is 0 Å². The quantitative estimate of drug-likeness (QED) is 0.577. The summed E-state index contributed by atoms with van der Waals surface area (Å²) in [4.78, 5) is -0.780. The van der Waals surface area contributed by atoms with E-state index in [1.54, 1.807) is 0 Å². The van der Waals surface area contributed by atoms with E-state index in [2.05, 4.69) is 6.92 Å². The molecule has 1 saturated carbocycles. The molecule has 4 heteroatoms. The minimum atomic E-state index is -0.954. The third-order valence-corrected chi connectivity index (χ3v) is 5.96. The van der Waals surface area contributed by atoms with Crippen LogP contribution in [0.3, 0.4) is 0 Å². The van der Waals surface area contributed by atoms with Crippen LogP contribution in [-0.4, -0.2) is 4.33 Å². The number of aryl methyl sites for hydroxylation is 1. The van der Waals surface area contributed by atoms with Crippen LogP contribution in [0.15, 0.2) is 18.2 Å². The number of hydrogen-bond donors (Lipinski definition) is 0. The highest BCUT2D eigenvalue weighted by atomic mass is 35.5. The molecule has 0 amide bonds. The van der Waals surface area contributed by atoms with Crippen molar-refractivity contribution in [2.75, 3.05) is 0 Å². The van der Waals surface area contributed by atoms with E-state index >= 15 is 0 Å². The van der Waals surface area contributed by atoms with Crippen molar-refractivity contribution in [3.8, 4) is 0 Å². The van der Waals surface area contributed by atoms with Crippen LogP contribution in [0.2, 0.25) is 5.02 Å². The van der Waals surface area contributed by atoms with Gasteiger partial charge in [-0.15, -0.1) is 11.6 Å². The molecule has 18 heavy (non-hydrogen) atoms. The van der Waals surface area contributed by atoms with Gasteiger partial charge in [0.05, 0.1) is 0 Å². The summed E-state index contributed by atoms with van der Waals surface area (Å²) in [5.74, 6) is 0. The van der Waals surface area contributed by atoms with E-state index in [4.69, 9.17) is 46.4 Å². The molecule has 0 saturated heterocycles. The van der Waals surface area contributed by atoms with Gasteiger partial charge >= 0.3 is 0 Å². The normalized spacial score (nSPS) is 27.2. The molecule has 1 fully saturated rings. The molecule has 1 aromatic carbocycles. The second-order valence-electron chi connectivity index (χ2n) is 4.88. The van der Waals surface area contributed by atoms with Gasteiger partial charge in [-0.2, -0.15) is 0 Å². The fourth-order valence-electron chi connectivity index (χ4n) is 2.53. The lowest BCUT2D eigenvalue weighted by molar-refractivity contribution is 0.375. The first kappa shape index (κ1) is 14.8. The third kappa shape index (κ3) is 2.50. The minimum Gasteiger partial charge on any atom is -0.111 e. The van der Waals surface area contributed by atoms with E-state index in [-0.39, 0.29) is 0 Å². The van der Waals surface area contributed by atoms with Crippen molar-refractivity contribution in [2.45, 2.75) is 48.2 Å².